The second-order valence-corrected chi connectivity index (χ2v) is 4.84. The average Bonchev–Trinajstić information content (AvgIpc) is 2.59. The van der Waals surface area contributed by atoms with E-state index in [1.807, 2.05) is 12.1 Å². The van der Waals surface area contributed by atoms with Crippen LogP contribution in [0.25, 0.3) is 0 Å². The van der Waals surface area contributed by atoms with Crippen LogP contribution in [0.2, 0.25) is 0 Å². The van der Waals surface area contributed by atoms with E-state index in [9.17, 15) is 9.59 Å². The van der Waals surface area contributed by atoms with Crippen LogP contribution in [0.15, 0.2) is 42.5 Å². The fourth-order valence-corrected chi connectivity index (χ4v) is 1.85. The molecule has 6 heteroatoms. The van der Waals surface area contributed by atoms with Crippen molar-refractivity contribution in [3.8, 4) is 23.6 Å². The van der Waals surface area contributed by atoms with Crippen molar-refractivity contribution in [3.05, 3.63) is 59.2 Å². The maximum Gasteiger partial charge on any atom is 0.338 e. The third-order valence-corrected chi connectivity index (χ3v) is 2.94. The summed E-state index contributed by atoms with van der Waals surface area (Å²) in [6.45, 7) is 1.04. The van der Waals surface area contributed by atoms with Crippen molar-refractivity contribution in [1.29, 1.82) is 10.5 Å². The van der Waals surface area contributed by atoms with Crippen molar-refractivity contribution in [1.82, 2.24) is 0 Å². The Balaban J connectivity index is 2.18. The van der Waals surface area contributed by atoms with Gasteiger partial charge < -0.3 is 9.47 Å². The van der Waals surface area contributed by atoms with Gasteiger partial charge >= 0.3 is 5.97 Å². The molecule has 0 heterocycles. The van der Waals surface area contributed by atoms with Gasteiger partial charge in [0, 0.05) is 0 Å². The normalized spacial score (nSPS) is 9.46. The molecule has 0 amide bonds. The number of hydrogen-bond acceptors (Lipinski definition) is 6. The Morgan fingerprint density at radius 1 is 1.00 bits per heavy atom. The molecule has 0 aliphatic carbocycles. The molecule has 0 N–H and O–H groups in total. The van der Waals surface area contributed by atoms with E-state index in [2.05, 4.69) is 0 Å². The van der Waals surface area contributed by atoms with E-state index in [1.165, 1.54) is 31.2 Å². The molecule has 6 nitrogen and oxygen atoms in total. The molecule has 24 heavy (non-hydrogen) atoms. The van der Waals surface area contributed by atoms with E-state index < -0.39 is 5.97 Å². The summed E-state index contributed by atoms with van der Waals surface area (Å²) >= 11 is 0. The zero-order valence-corrected chi connectivity index (χ0v) is 12.8. The molecule has 0 aromatic heterocycles. The molecule has 0 atom stereocenters. The summed E-state index contributed by atoms with van der Waals surface area (Å²) in [4.78, 5) is 22.7. The Morgan fingerprint density at radius 2 is 1.71 bits per heavy atom. The predicted molar refractivity (Wildman–Crippen MR) is 83.4 cm³/mol. The fourth-order valence-electron chi connectivity index (χ4n) is 1.85. The molecule has 2 rings (SSSR count). The lowest BCUT2D eigenvalue weighted by Gasteiger charge is -2.08. The van der Waals surface area contributed by atoms with Crippen molar-refractivity contribution >= 4 is 11.8 Å². The maximum absolute atomic E-state index is 11.8. The highest BCUT2D eigenvalue weighted by molar-refractivity contribution is 5.91. The standard InChI is InChI=1S/C18H12N2O4/c1-12(21)11-23-18(22)13-3-2-4-16(7-13)24-17-6-5-14(9-19)15(8-17)10-20/h2-8H,11H2,1H3. The summed E-state index contributed by atoms with van der Waals surface area (Å²) < 4.78 is 10.4. The van der Waals surface area contributed by atoms with Crippen LogP contribution in [0.3, 0.4) is 0 Å². The molecule has 0 unspecified atom stereocenters. The van der Waals surface area contributed by atoms with Gasteiger partial charge in [0.05, 0.1) is 16.7 Å². The largest absolute Gasteiger partial charge is 0.457 e. The van der Waals surface area contributed by atoms with Crippen molar-refractivity contribution in [2.45, 2.75) is 6.92 Å². The van der Waals surface area contributed by atoms with Crippen LogP contribution in [0.4, 0.5) is 0 Å². The minimum Gasteiger partial charge on any atom is -0.457 e. The first-order valence-corrected chi connectivity index (χ1v) is 6.92. The average molecular weight is 320 g/mol. The van der Waals surface area contributed by atoms with Gasteiger partial charge in [-0.05, 0) is 43.3 Å². The molecule has 0 saturated heterocycles. The zero-order chi connectivity index (χ0) is 17.5. The highest BCUT2D eigenvalue weighted by atomic mass is 16.5. The monoisotopic (exact) mass is 320 g/mol. The van der Waals surface area contributed by atoms with Crippen molar-refractivity contribution in [2.24, 2.45) is 0 Å². The van der Waals surface area contributed by atoms with Gasteiger partial charge in [0.25, 0.3) is 0 Å². The number of hydrogen-bond donors (Lipinski definition) is 0. The molecule has 0 aliphatic rings. The Labute approximate surface area is 138 Å². The van der Waals surface area contributed by atoms with Crippen LogP contribution in [-0.4, -0.2) is 18.4 Å². The molecular weight excluding hydrogens is 308 g/mol. The Morgan fingerprint density at radius 3 is 2.38 bits per heavy atom. The highest BCUT2D eigenvalue weighted by Crippen LogP contribution is 2.24. The highest BCUT2D eigenvalue weighted by Gasteiger charge is 2.10. The zero-order valence-electron chi connectivity index (χ0n) is 12.8. The first kappa shape index (κ1) is 16.7. The number of carbonyl (C=O) groups is 2. The van der Waals surface area contributed by atoms with E-state index in [1.54, 1.807) is 18.2 Å². The topological polar surface area (TPSA) is 100 Å². The van der Waals surface area contributed by atoms with E-state index in [0.717, 1.165) is 0 Å². The summed E-state index contributed by atoms with van der Waals surface area (Å²) in [5.41, 5.74) is 0.696. The fraction of sp³-hybridized carbons (Fsp3) is 0.111. The molecule has 0 spiro atoms. The lowest BCUT2D eigenvalue weighted by Crippen LogP contribution is -2.11. The number of carbonyl (C=O) groups excluding carboxylic acids is 2. The summed E-state index contributed by atoms with van der Waals surface area (Å²) in [6.07, 6.45) is 0. The van der Waals surface area contributed by atoms with E-state index >= 15 is 0 Å². The quantitative estimate of drug-likeness (QED) is 0.785. The minimum atomic E-state index is -0.631. The number of ether oxygens (including phenoxy) is 2. The second kappa shape index (κ2) is 7.57. The number of rotatable bonds is 5. The third-order valence-electron chi connectivity index (χ3n) is 2.94. The van der Waals surface area contributed by atoms with Crippen molar-refractivity contribution in [2.75, 3.05) is 6.61 Å². The molecule has 0 saturated carbocycles. The van der Waals surface area contributed by atoms with E-state index in [-0.39, 0.29) is 29.1 Å². The van der Waals surface area contributed by atoms with E-state index in [4.69, 9.17) is 20.0 Å². The Bertz CT molecular complexity index is 875. The molecule has 2 aromatic rings. The van der Waals surface area contributed by atoms with Gasteiger partial charge in [-0.2, -0.15) is 10.5 Å². The van der Waals surface area contributed by atoms with Crippen molar-refractivity contribution in [3.63, 3.8) is 0 Å². The van der Waals surface area contributed by atoms with Gasteiger partial charge in [-0.3, -0.25) is 4.79 Å². The number of nitrogens with zero attached hydrogens (tertiary/aromatic N) is 2. The number of benzene rings is 2. The van der Waals surface area contributed by atoms with Gasteiger partial charge in [-0.15, -0.1) is 0 Å². The van der Waals surface area contributed by atoms with Crippen molar-refractivity contribution < 1.29 is 19.1 Å². The molecule has 2 aromatic carbocycles. The number of nitriles is 2. The second-order valence-electron chi connectivity index (χ2n) is 4.84. The Hall–Kier alpha value is -3.64. The predicted octanol–water partition coefficient (Wildman–Crippen LogP) is 2.97. The summed E-state index contributed by atoms with van der Waals surface area (Å²) in [5, 5.41) is 17.9. The minimum absolute atomic E-state index is 0.201. The summed E-state index contributed by atoms with van der Waals surface area (Å²) in [5.74, 6) is -0.161. The van der Waals surface area contributed by atoms with E-state index in [0.29, 0.717) is 11.5 Å². The molecule has 0 radical (unpaired) electrons. The van der Waals surface area contributed by atoms with Crippen LogP contribution >= 0.6 is 0 Å². The van der Waals surface area contributed by atoms with Crippen LogP contribution in [-0.2, 0) is 9.53 Å². The molecule has 0 aliphatic heterocycles. The van der Waals surface area contributed by atoms with Crippen LogP contribution < -0.4 is 4.74 Å². The number of Topliss-reactive ketones (excluding diaryl/α,β-unsaturated/α-hetero) is 1. The van der Waals surface area contributed by atoms with Crippen LogP contribution in [0.5, 0.6) is 11.5 Å². The lowest BCUT2D eigenvalue weighted by atomic mass is 10.1. The number of esters is 1. The summed E-state index contributed by atoms with van der Waals surface area (Å²) in [7, 11) is 0. The maximum atomic E-state index is 11.8. The SMILES string of the molecule is CC(=O)COC(=O)c1cccc(Oc2ccc(C#N)c(C#N)c2)c1. The van der Waals surface area contributed by atoms with Crippen LogP contribution in [0, 0.1) is 22.7 Å². The lowest BCUT2D eigenvalue weighted by molar-refractivity contribution is -0.120. The first-order chi connectivity index (χ1) is 11.5. The number of ketones is 1. The van der Waals surface area contributed by atoms with Gasteiger partial charge in [0.1, 0.15) is 30.2 Å². The molecule has 0 fully saturated rings. The van der Waals surface area contributed by atoms with Crippen LogP contribution in [0.1, 0.15) is 28.4 Å². The molecule has 0 bridgehead atoms. The van der Waals surface area contributed by atoms with Gasteiger partial charge in [0.2, 0.25) is 0 Å². The van der Waals surface area contributed by atoms with Gasteiger partial charge in [0.15, 0.2) is 5.78 Å². The van der Waals surface area contributed by atoms with Gasteiger partial charge in [-0.25, -0.2) is 4.79 Å². The first-order valence-electron chi connectivity index (χ1n) is 6.92. The summed E-state index contributed by atoms with van der Waals surface area (Å²) in [6, 6.07) is 14.6. The molecular formula is C18H12N2O4. The smallest absolute Gasteiger partial charge is 0.338 e. The molecule has 118 valence electrons. The Kier molecular flexibility index (Phi) is 5.28. The van der Waals surface area contributed by atoms with Gasteiger partial charge in [-0.1, -0.05) is 6.07 Å². The third kappa shape index (κ3) is 4.19.